The average molecular weight is 238 g/mol. The third kappa shape index (κ3) is 4.43. The van der Waals surface area contributed by atoms with E-state index in [0.717, 1.165) is 12.8 Å². The van der Waals surface area contributed by atoms with Crippen LogP contribution in [0.4, 0.5) is 4.39 Å². The zero-order chi connectivity index (χ0) is 12.9. The molecular weight excluding hydrogens is 219 g/mol. The molecule has 94 valence electrons. The number of ether oxygens (including phenoxy) is 1. The van der Waals surface area contributed by atoms with Crippen LogP contribution in [-0.4, -0.2) is 12.4 Å². The van der Waals surface area contributed by atoms with Gasteiger partial charge in [-0.05, 0) is 37.1 Å². The summed E-state index contributed by atoms with van der Waals surface area (Å²) in [6, 6.07) is 5.95. The molecule has 0 aliphatic heterocycles. The van der Waals surface area contributed by atoms with Gasteiger partial charge in [0.2, 0.25) is 0 Å². The van der Waals surface area contributed by atoms with E-state index in [1.807, 2.05) is 13.8 Å². The number of amidine groups is 1. The summed E-state index contributed by atoms with van der Waals surface area (Å²) in [4.78, 5) is 0. The van der Waals surface area contributed by atoms with Gasteiger partial charge in [0, 0.05) is 5.41 Å². The van der Waals surface area contributed by atoms with Crippen LogP contribution < -0.4 is 10.5 Å². The number of nitrogens with one attached hydrogen (secondary N) is 1. The van der Waals surface area contributed by atoms with Crippen molar-refractivity contribution in [1.29, 1.82) is 5.41 Å². The van der Waals surface area contributed by atoms with Gasteiger partial charge in [-0.3, -0.25) is 5.41 Å². The van der Waals surface area contributed by atoms with Crippen molar-refractivity contribution in [2.24, 2.45) is 11.1 Å². The lowest BCUT2D eigenvalue weighted by Gasteiger charge is -2.22. The maximum atomic E-state index is 12.6. The van der Waals surface area contributed by atoms with E-state index in [9.17, 15) is 4.39 Å². The molecule has 0 spiro atoms. The number of rotatable bonds is 6. The average Bonchev–Trinajstić information content (AvgIpc) is 2.26. The minimum atomic E-state index is -0.286. The van der Waals surface area contributed by atoms with Crippen LogP contribution >= 0.6 is 0 Å². The van der Waals surface area contributed by atoms with Gasteiger partial charge in [-0.15, -0.1) is 0 Å². The molecule has 0 fully saturated rings. The van der Waals surface area contributed by atoms with Gasteiger partial charge in [-0.25, -0.2) is 4.39 Å². The smallest absolute Gasteiger partial charge is 0.123 e. The summed E-state index contributed by atoms with van der Waals surface area (Å²) in [7, 11) is 0. The number of benzene rings is 1. The molecule has 0 radical (unpaired) electrons. The van der Waals surface area contributed by atoms with Gasteiger partial charge in [-0.2, -0.15) is 0 Å². The first-order valence-electron chi connectivity index (χ1n) is 5.65. The highest BCUT2D eigenvalue weighted by Gasteiger charge is 2.20. The predicted octanol–water partition coefficient (Wildman–Crippen LogP) is 2.95. The summed E-state index contributed by atoms with van der Waals surface area (Å²) in [6.45, 7) is 4.42. The third-order valence-corrected chi connectivity index (χ3v) is 2.76. The predicted molar refractivity (Wildman–Crippen MR) is 66.8 cm³/mol. The molecule has 1 aromatic rings. The zero-order valence-corrected chi connectivity index (χ0v) is 10.3. The Morgan fingerprint density at radius 1 is 1.35 bits per heavy atom. The molecule has 0 saturated heterocycles. The number of nitrogens with two attached hydrogens (primary N) is 1. The molecule has 0 amide bonds. The first-order chi connectivity index (χ1) is 7.92. The van der Waals surface area contributed by atoms with Gasteiger partial charge in [0.15, 0.2) is 0 Å². The summed E-state index contributed by atoms with van der Waals surface area (Å²) >= 11 is 0. The van der Waals surface area contributed by atoms with Crippen LogP contribution in [0.2, 0.25) is 0 Å². The lowest BCUT2D eigenvalue weighted by Crippen LogP contribution is -2.31. The van der Waals surface area contributed by atoms with E-state index in [-0.39, 0.29) is 17.1 Å². The number of hydrogen-bond acceptors (Lipinski definition) is 2. The fourth-order valence-electron chi connectivity index (χ4n) is 1.37. The van der Waals surface area contributed by atoms with Crippen molar-refractivity contribution in [2.45, 2.75) is 26.7 Å². The molecule has 3 N–H and O–H groups in total. The van der Waals surface area contributed by atoms with Crippen molar-refractivity contribution < 1.29 is 9.13 Å². The number of hydrogen-bond donors (Lipinski definition) is 2. The highest BCUT2D eigenvalue weighted by molar-refractivity contribution is 5.82. The van der Waals surface area contributed by atoms with E-state index >= 15 is 0 Å². The Hall–Kier alpha value is -1.58. The topological polar surface area (TPSA) is 59.1 Å². The van der Waals surface area contributed by atoms with Gasteiger partial charge >= 0.3 is 0 Å². The summed E-state index contributed by atoms with van der Waals surface area (Å²) in [6.07, 6.45) is 1.60. The van der Waals surface area contributed by atoms with Crippen LogP contribution in [0.5, 0.6) is 5.75 Å². The third-order valence-electron chi connectivity index (χ3n) is 2.76. The molecule has 0 unspecified atom stereocenters. The summed E-state index contributed by atoms with van der Waals surface area (Å²) in [5, 5.41) is 7.42. The largest absolute Gasteiger partial charge is 0.494 e. The summed E-state index contributed by atoms with van der Waals surface area (Å²) in [5.41, 5.74) is 5.20. The van der Waals surface area contributed by atoms with Crippen LogP contribution in [0.15, 0.2) is 24.3 Å². The van der Waals surface area contributed by atoms with Crippen LogP contribution in [0, 0.1) is 16.6 Å². The SMILES string of the molecule is CC(C)(CCCOc1ccc(F)cc1)C(=N)N. The molecule has 1 rings (SSSR count). The van der Waals surface area contributed by atoms with Crippen molar-refractivity contribution in [3.05, 3.63) is 30.1 Å². The first-order valence-corrected chi connectivity index (χ1v) is 5.65. The fourth-order valence-corrected chi connectivity index (χ4v) is 1.37. The Kier molecular flexibility index (Phi) is 4.49. The Balaban J connectivity index is 2.29. The lowest BCUT2D eigenvalue weighted by molar-refractivity contribution is 0.286. The molecular formula is C13H19FN2O. The van der Waals surface area contributed by atoms with E-state index < -0.39 is 0 Å². The second-order valence-electron chi connectivity index (χ2n) is 4.70. The minimum Gasteiger partial charge on any atom is -0.494 e. The van der Waals surface area contributed by atoms with Crippen molar-refractivity contribution in [1.82, 2.24) is 0 Å². The molecule has 0 saturated carbocycles. The minimum absolute atomic E-state index is 0.194. The normalized spacial score (nSPS) is 11.2. The van der Waals surface area contributed by atoms with E-state index in [2.05, 4.69) is 0 Å². The molecule has 0 aromatic heterocycles. The zero-order valence-electron chi connectivity index (χ0n) is 10.3. The Morgan fingerprint density at radius 2 is 1.94 bits per heavy atom. The van der Waals surface area contributed by atoms with Crippen LogP contribution in [0.1, 0.15) is 26.7 Å². The van der Waals surface area contributed by atoms with E-state index in [1.165, 1.54) is 12.1 Å². The van der Waals surface area contributed by atoms with Crippen LogP contribution in [-0.2, 0) is 0 Å². The van der Waals surface area contributed by atoms with Crippen LogP contribution in [0.3, 0.4) is 0 Å². The molecule has 17 heavy (non-hydrogen) atoms. The van der Waals surface area contributed by atoms with Gasteiger partial charge < -0.3 is 10.5 Å². The number of halogens is 1. The standard InChI is InChI=1S/C13H19FN2O/c1-13(2,12(15)16)8-3-9-17-11-6-4-10(14)5-7-11/h4-7H,3,8-9H2,1-2H3,(H3,15,16). The second-order valence-corrected chi connectivity index (χ2v) is 4.70. The van der Waals surface area contributed by atoms with Gasteiger partial charge in [0.25, 0.3) is 0 Å². The highest BCUT2D eigenvalue weighted by Crippen LogP contribution is 2.22. The molecule has 0 atom stereocenters. The maximum absolute atomic E-state index is 12.6. The highest BCUT2D eigenvalue weighted by atomic mass is 19.1. The fraction of sp³-hybridized carbons (Fsp3) is 0.462. The lowest BCUT2D eigenvalue weighted by atomic mass is 9.87. The molecule has 0 heterocycles. The van der Waals surface area contributed by atoms with E-state index in [0.29, 0.717) is 12.4 Å². The molecule has 3 nitrogen and oxygen atoms in total. The summed E-state index contributed by atoms with van der Waals surface area (Å²) in [5.74, 6) is 0.585. The van der Waals surface area contributed by atoms with Crippen molar-refractivity contribution >= 4 is 5.84 Å². The molecule has 4 heteroatoms. The van der Waals surface area contributed by atoms with E-state index in [1.54, 1.807) is 12.1 Å². The Bertz CT molecular complexity index is 374. The first kappa shape index (κ1) is 13.5. The van der Waals surface area contributed by atoms with E-state index in [4.69, 9.17) is 15.9 Å². The Morgan fingerprint density at radius 3 is 2.47 bits per heavy atom. The van der Waals surface area contributed by atoms with Gasteiger partial charge in [0.1, 0.15) is 11.6 Å². The quantitative estimate of drug-likeness (QED) is 0.455. The Labute approximate surface area is 101 Å². The van der Waals surface area contributed by atoms with Crippen molar-refractivity contribution in [3.8, 4) is 5.75 Å². The van der Waals surface area contributed by atoms with Crippen molar-refractivity contribution in [3.63, 3.8) is 0 Å². The van der Waals surface area contributed by atoms with Gasteiger partial charge in [-0.1, -0.05) is 13.8 Å². The second kappa shape index (κ2) is 5.66. The summed E-state index contributed by atoms with van der Waals surface area (Å²) < 4.78 is 18.1. The molecule has 0 aliphatic rings. The monoisotopic (exact) mass is 238 g/mol. The molecule has 1 aromatic carbocycles. The molecule has 0 aliphatic carbocycles. The van der Waals surface area contributed by atoms with Gasteiger partial charge in [0.05, 0.1) is 12.4 Å². The van der Waals surface area contributed by atoms with Crippen molar-refractivity contribution in [2.75, 3.05) is 6.61 Å². The van der Waals surface area contributed by atoms with Crippen LogP contribution in [0.25, 0.3) is 0 Å². The maximum Gasteiger partial charge on any atom is 0.123 e. The molecule has 0 bridgehead atoms.